The minimum Gasteiger partial charge on any atom is -0.393 e. The number of quaternary nitrogens is 1. The summed E-state index contributed by atoms with van der Waals surface area (Å²) in [5, 5.41) is 18.0. The van der Waals surface area contributed by atoms with Crippen molar-refractivity contribution >= 4 is 0 Å². The first-order chi connectivity index (χ1) is 5.66. The van der Waals surface area contributed by atoms with Crippen LogP contribution in [0.15, 0.2) is 0 Å². The molecule has 0 aromatic rings. The van der Waals surface area contributed by atoms with E-state index in [0.29, 0.717) is 6.54 Å². The molecule has 0 bridgehead atoms. The highest BCUT2D eigenvalue weighted by atomic mass is 16.5. The zero-order chi connectivity index (χ0) is 9.03. The first-order valence-corrected chi connectivity index (χ1v) is 4.36. The van der Waals surface area contributed by atoms with Crippen LogP contribution in [0.4, 0.5) is 0 Å². The monoisotopic (exact) mass is 176 g/mol. The average Bonchev–Trinajstić information content (AvgIpc) is 2.05. The second-order valence-corrected chi connectivity index (χ2v) is 3.70. The summed E-state index contributed by atoms with van der Waals surface area (Å²) in [6.07, 6.45) is -0.590. The minimum absolute atomic E-state index is 0.144. The van der Waals surface area contributed by atoms with E-state index in [-0.39, 0.29) is 6.61 Å². The summed E-state index contributed by atoms with van der Waals surface area (Å²) in [5.41, 5.74) is 0. The largest absolute Gasteiger partial charge is 0.393 e. The van der Waals surface area contributed by atoms with Gasteiger partial charge in [-0.25, -0.2) is 0 Å². The molecule has 1 saturated heterocycles. The van der Waals surface area contributed by atoms with Crippen molar-refractivity contribution in [1.29, 1.82) is 0 Å². The van der Waals surface area contributed by atoms with Gasteiger partial charge in [0, 0.05) is 0 Å². The first-order valence-electron chi connectivity index (χ1n) is 4.36. The molecule has 0 aromatic heterocycles. The Hall–Kier alpha value is -0.160. The van der Waals surface area contributed by atoms with Crippen LogP contribution in [-0.4, -0.2) is 67.3 Å². The van der Waals surface area contributed by atoms with Crippen LogP contribution in [0.3, 0.4) is 0 Å². The van der Waals surface area contributed by atoms with Crippen LogP contribution in [-0.2, 0) is 4.74 Å². The van der Waals surface area contributed by atoms with E-state index in [9.17, 15) is 5.11 Å². The fraction of sp³-hybridized carbons (Fsp3) is 1.00. The number of ether oxygens (including phenoxy) is 1. The molecule has 0 saturated carbocycles. The highest BCUT2D eigenvalue weighted by molar-refractivity contribution is 4.54. The topological polar surface area (TPSA) is 49.7 Å². The fourth-order valence-electron chi connectivity index (χ4n) is 1.53. The van der Waals surface area contributed by atoms with Crippen LogP contribution in [0.25, 0.3) is 0 Å². The molecular weight excluding hydrogens is 158 g/mol. The Kier molecular flexibility index (Phi) is 3.46. The maximum atomic E-state index is 9.27. The normalized spacial score (nSPS) is 25.2. The lowest BCUT2D eigenvalue weighted by Gasteiger charge is -2.38. The van der Waals surface area contributed by atoms with Gasteiger partial charge in [-0.3, -0.25) is 0 Å². The van der Waals surface area contributed by atoms with E-state index in [1.807, 2.05) is 0 Å². The molecule has 0 aliphatic carbocycles. The van der Waals surface area contributed by atoms with Crippen LogP contribution in [0.2, 0.25) is 0 Å². The van der Waals surface area contributed by atoms with E-state index in [0.717, 1.165) is 30.8 Å². The number of aliphatic hydroxyl groups excluding tert-OH is 2. The second kappa shape index (κ2) is 4.18. The maximum absolute atomic E-state index is 9.27. The molecule has 1 rings (SSSR count). The molecule has 2 N–H and O–H groups in total. The number of morpholine rings is 1. The molecule has 1 heterocycles. The van der Waals surface area contributed by atoms with Crippen molar-refractivity contribution in [3.05, 3.63) is 0 Å². The van der Waals surface area contributed by atoms with Gasteiger partial charge < -0.3 is 19.4 Å². The van der Waals surface area contributed by atoms with E-state index in [4.69, 9.17) is 9.84 Å². The fourth-order valence-corrected chi connectivity index (χ4v) is 1.53. The Morgan fingerprint density at radius 1 is 1.42 bits per heavy atom. The van der Waals surface area contributed by atoms with Crippen molar-refractivity contribution in [3.8, 4) is 0 Å². The number of rotatable bonds is 3. The Balaban J connectivity index is 2.35. The van der Waals surface area contributed by atoms with Gasteiger partial charge in [-0.15, -0.1) is 0 Å². The number of nitrogens with zero attached hydrogens (tertiary/aromatic N) is 1. The minimum atomic E-state index is -0.590. The number of hydrogen-bond acceptors (Lipinski definition) is 3. The van der Waals surface area contributed by atoms with Crippen molar-refractivity contribution in [3.63, 3.8) is 0 Å². The molecule has 12 heavy (non-hydrogen) atoms. The van der Waals surface area contributed by atoms with Gasteiger partial charge in [0.1, 0.15) is 25.7 Å². The van der Waals surface area contributed by atoms with Gasteiger partial charge in [-0.2, -0.15) is 0 Å². The van der Waals surface area contributed by atoms with Crippen molar-refractivity contribution in [2.24, 2.45) is 0 Å². The van der Waals surface area contributed by atoms with Gasteiger partial charge in [0.2, 0.25) is 0 Å². The van der Waals surface area contributed by atoms with Crippen LogP contribution >= 0.6 is 0 Å². The molecule has 1 aliphatic heterocycles. The summed E-state index contributed by atoms with van der Waals surface area (Å²) in [4.78, 5) is 0. The van der Waals surface area contributed by atoms with Crippen LogP contribution in [0.1, 0.15) is 0 Å². The molecule has 1 atom stereocenters. The van der Waals surface area contributed by atoms with Gasteiger partial charge >= 0.3 is 0 Å². The van der Waals surface area contributed by atoms with Crippen LogP contribution in [0.5, 0.6) is 0 Å². The second-order valence-electron chi connectivity index (χ2n) is 3.70. The molecule has 4 nitrogen and oxygen atoms in total. The number of likely N-dealkylation sites (N-methyl/N-ethyl adjacent to an activating group) is 1. The molecule has 4 heteroatoms. The third-order valence-corrected chi connectivity index (χ3v) is 2.41. The number of hydrogen-bond donors (Lipinski definition) is 2. The van der Waals surface area contributed by atoms with E-state index < -0.39 is 6.10 Å². The summed E-state index contributed by atoms with van der Waals surface area (Å²) in [7, 11) is 2.08. The summed E-state index contributed by atoms with van der Waals surface area (Å²) in [6.45, 7) is 3.85. The van der Waals surface area contributed by atoms with E-state index in [1.165, 1.54) is 0 Å². The van der Waals surface area contributed by atoms with Gasteiger partial charge in [0.15, 0.2) is 0 Å². The highest BCUT2D eigenvalue weighted by Crippen LogP contribution is 2.08. The summed E-state index contributed by atoms with van der Waals surface area (Å²) >= 11 is 0. The van der Waals surface area contributed by atoms with Crippen LogP contribution in [0, 0.1) is 0 Å². The number of aliphatic hydroxyl groups is 2. The zero-order valence-corrected chi connectivity index (χ0v) is 7.57. The predicted octanol–water partition coefficient (Wildman–Crippen LogP) is -1.18. The molecule has 1 fully saturated rings. The lowest BCUT2D eigenvalue weighted by molar-refractivity contribution is -0.919. The van der Waals surface area contributed by atoms with Crippen molar-refractivity contribution < 1.29 is 19.4 Å². The molecule has 0 spiro atoms. The summed E-state index contributed by atoms with van der Waals surface area (Å²) in [5.74, 6) is 0. The Morgan fingerprint density at radius 2 is 2.00 bits per heavy atom. The molecule has 72 valence electrons. The first kappa shape index (κ1) is 9.92. The van der Waals surface area contributed by atoms with Crippen molar-refractivity contribution in [1.82, 2.24) is 0 Å². The highest BCUT2D eigenvalue weighted by Gasteiger charge is 2.27. The Morgan fingerprint density at radius 3 is 2.50 bits per heavy atom. The summed E-state index contributed by atoms with van der Waals surface area (Å²) < 4.78 is 6.03. The third kappa shape index (κ3) is 2.71. The third-order valence-electron chi connectivity index (χ3n) is 2.41. The van der Waals surface area contributed by atoms with Crippen molar-refractivity contribution in [2.45, 2.75) is 6.10 Å². The lowest BCUT2D eigenvalue weighted by atomic mass is 10.2. The van der Waals surface area contributed by atoms with Gasteiger partial charge in [-0.05, 0) is 0 Å². The van der Waals surface area contributed by atoms with Gasteiger partial charge in [0.05, 0.1) is 26.9 Å². The van der Waals surface area contributed by atoms with E-state index in [1.54, 1.807) is 0 Å². The standard InChI is InChI=1S/C8H18NO3/c1-9(6-8(11)7-10)2-4-12-5-3-9/h8,10-11H,2-7H2,1H3/q+1/t8-/m0/s1. The predicted molar refractivity (Wildman–Crippen MR) is 44.7 cm³/mol. The Bertz CT molecular complexity index is 134. The molecule has 0 radical (unpaired) electrons. The quantitative estimate of drug-likeness (QED) is 0.532. The summed E-state index contributed by atoms with van der Waals surface area (Å²) in [6, 6.07) is 0. The molecule has 0 aromatic carbocycles. The zero-order valence-electron chi connectivity index (χ0n) is 7.57. The molecule has 1 aliphatic rings. The van der Waals surface area contributed by atoms with Crippen LogP contribution < -0.4 is 0 Å². The van der Waals surface area contributed by atoms with Gasteiger partial charge in [-0.1, -0.05) is 0 Å². The SMILES string of the molecule is C[N+]1(C[C@H](O)CO)CCOCC1. The molecule has 0 amide bonds. The average molecular weight is 176 g/mol. The van der Waals surface area contributed by atoms with Gasteiger partial charge in [0.25, 0.3) is 0 Å². The maximum Gasteiger partial charge on any atom is 0.126 e. The van der Waals surface area contributed by atoms with E-state index in [2.05, 4.69) is 7.05 Å². The van der Waals surface area contributed by atoms with E-state index >= 15 is 0 Å². The molecule has 0 unspecified atom stereocenters. The Labute approximate surface area is 73.0 Å². The smallest absolute Gasteiger partial charge is 0.126 e. The molecular formula is C8H18NO3+. The van der Waals surface area contributed by atoms with Crippen molar-refractivity contribution in [2.75, 3.05) is 46.5 Å². The lowest BCUT2D eigenvalue weighted by Crippen LogP contribution is -2.55.